The third-order valence-electron chi connectivity index (χ3n) is 3.73. The first-order chi connectivity index (χ1) is 8.85. The summed E-state index contributed by atoms with van der Waals surface area (Å²) in [4.78, 5) is 0. The van der Waals surface area contributed by atoms with Gasteiger partial charge in [-0.2, -0.15) is 5.26 Å². The van der Waals surface area contributed by atoms with Gasteiger partial charge in [0.25, 0.3) is 0 Å². The molecule has 0 atom stereocenters. The molecule has 0 radical (unpaired) electrons. The number of rotatable bonds is 5. The van der Waals surface area contributed by atoms with Crippen LogP contribution in [0.4, 0.5) is 0 Å². The highest BCUT2D eigenvalue weighted by atomic mass is 16.5. The molecule has 0 bridgehead atoms. The maximum Gasteiger partial charge on any atom is 0.124 e. The summed E-state index contributed by atoms with van der Waals surface area (Å²) in [5.41, 5.74) is 4.93. The lowest BCUT2D eigenvalue weighted by Gasteiger charge is -2.29. The Morgan fingerprint density at radius 1 is 1.26 bits per heavy atom. The van der Waals surface area contributed by atoms with Crippen LogP contribution in [0.3, 0.4) is 0 Å². The molecule has 104 valence electrons. The Hall–Kier alpha value is -1.53. The average molecular weight is 260 g/mol. The molecule has 3 nitrogen and oxygen atoms in total. The van der Waals surface area contributed by atoms with Crippen molar-refractivity contribution in [1.29, 1.82) is 5.26 Å². The number of nitrogens with one attached hydrogen (secondary N) is 1. The second kappa shape index (κ2) is 6.08. The van der Waals surface area contributed by atoms with Crippen LogP contribution in [0, 0.1) is 32.1 Å². The van der Waals surface area contributed by atoms with Crippen LogP contribution in [-0.2, 0) is 5.41 Å². The molecule has 0 unspecified atom stereocenters. The molecular formula is C16H24N2O. The highest BCUT2D eigenvalue weighted by Crippen LogP contribution is 2.34. The zero-order chi connectivity index (χ0) is 14.6. The summed E-state index contributed by atoms with van der Waals surface area (Å²) in [5, 5.41) is 11.8. The van der Waals surface area contributed by atoms with Crippen molar-refractivity contribution in [1.82, 2.24) is 5.32 Å². The summed E-state index contributed by atoms with van der Waals surface area (Å²) in [6.07, 6.45) is 0. The van der Waals surface area contributed by atoms with Gasteiger partial charge in [0.05, 0.1) is 19.7 Å². The van der Waals surface area contributed by atoms with Gasteiger partial charge in [0.1, 0.15) is 5.75 Å². The van der Waals surface area contributed by atoms with Crippen molar-refractivity contribution < 1.29 is 4.74 Å². The highest BCUT2D eigenvalue weighted by Gasteiger charge is 2.24. The Morgan fingerprint density at radius 3 is 2.42 bits per heavy atom. The van der Waals surface area contributed by atoms with E-state index in [4.69, 9.17) is 10.00 Å². The van der Waals surface area contributed by atoms with Crippen LogP contribution in [0.1, 0.15) is 36.1 Å². The molecule has 1 aromatic carbocycles. The zero-order valence-corrected chi connectivity index (χ0v) is 12.8. The van der Waals surface area contributed by atoms with E-state index in [1.54, 1.807) is 7.11 Å². The van der Waals surface area contributed by atoms with E-state index >= 15 is 0 Å². The molecule has 0 amide bonds. The summed E-state index contributed by atoms with van der Waals surface area (Å²) in [7, 11) is 1.72. The van der Waals surface area contributed by atoms with Gasteiger partial charge < -0.3 is 10.1 Å². The quantitative estimate of drug-likeness (QED) is 0.654. The van der Waals surface area contributed by atoms with Gasteiger partial charge in [-0.25, -0.2) is 0 Å². The van der Waals surface area contributed by atoms with Gasteiger partial charge in [-0.05, 0) is 43.0 Å². The number of hydrogen-bond donors (Lipinski definition) is 1. The largest absolute Gasteiger partial charge is 0.496 e. The number of nitrogens with zero attached hydrogens (tertiary/aromatic N) is 1. The van der Waals surface area contributed by atoms with Crippen LogP contribution in [0.15, 0.2) is 6.07 Å². The predicted octanol–water partition coefficient (Wildman–Crippen LogP) is 3.01. The lowest BCUT2D eigenvalue weighted by molar-refractivity contribution is 0.406. The molecule has 0 fully saturated rings. The number of benzene rings is 1. The van der Waals surface area contributed by atoms with E-state index in [0.717, 1.165) is 17.9 Å². The van der Waals surface area contributed by atoms with Crippen LogP contribution >= 0.6 is 0 Å². The van der Waals surface area contributed by atoms with Gasteiger partial charge in [0.15, 0.2) is 0 Å². The summed E-state index contributed by atoms with van der Waals surface area (Å²) >= 11 is 0. The fourth-order valence-corrected chi connectivity index (χ4v) is 2.60. The average Bonchev–Trinajstić information content (AvgIpc) is 2.34. The van der Waals surface area contributed by atoms with Crippen molar-refractivity contribution in [3.8, 4) is 11.8 Å². The van der Waals surface area contributed by atoms with Crippen molar-refractivity contribution in [2.45, 2.75) is 40.0 Å². The maximum absolute atomic E-state index is 8.62. The fraction of sp³-hybridized carbons (Fsp3) is 0.562. The normalized spacial score (nSPS) is 11.2. The fourth-order valence-electron chi connectivity index (χ4n) is 2.60. The van der Waals surface area contributed by atoms with Crippen molar-refractivity contribution in [3.05, 3.63) is 28.3 Å². The first kappa shape index (κ1) is 15.5. The first-order valence-corrected chi connectivity index (χ1v) is 6.58. The van der Waals surface area contributed by atoms with Gasteiger partial charge >= 0.3 is 0 Å². The van der Waals surface area contributed by atoms with E-state index in [1.807, 2.05) is 0 Å². The molecule has 0 aliphatic carbocycles. The van der Waals surface area contributed by atoms with E-state index < -0.39 is 0 Å². The van der Waals surface area contributed by atoms with Gasteiger partial charge in [0, 0.05) is 12.0 Å². The van der Waals surface area contributed by atoms with Gasteiger partial charge in [-0.3, -0.25) is 0 Å². The third kappa shape index (κ3) is 3.27. The van der Waals surface area contributed by atoms with Gasteiger partial charge in [0.2, 0.25) is 0 Å². The lowest BCUT2D eigenvalue weighted by atomic mass is 9.79. The minimum atomic E-state index is -0.0112. The highest BCUT2D eigenvalue weighted by molar-refractivity contribution is 5.51. The molecule has 1 N–H and O–H groups in total. The van der Waals surface area contributed by atoms with Crippen LogP contribution < -0.4 is 10.1 Å². The Morgan fingerprint density at radius 2 is 1.89 bits per heavy atom. The molecular weight excluding hydrogens is 236 g/mol. The predicted molar refractivity (Wildman–Crippen MR) is 78.7 cm³/mol. The second-order valence-corrected chi connectivity index (χ2v) is 5.67. The number of methoxy groups -OCH3 is 1. The Bertz CT molecular complexity index is 498. The number of hydrogen-bond acceptors (Lipinski definition) is 3. The molecule has 19 heavy (non-hydrogen) atoms. The van der Waals surface area contributed by atoms with Gasteiger partial charge in [-0.1, -0.05) is 19.9 Å². The van der Waals surface area contributed by atoms with Crippen LogP contribution in [0.2, 0.25) is 0 Å². The number of nitriles is 1. The molecule has 0 aliphatic rings. The van der Waals surface area contributed by atoms with Crippen molar-refractivity contribution >= 4 is 0 Å². The van der Waals surface area contributed by atoms with Crippen molar-refractivity contribution in [2.75, 3.05) is 20.2 Å². The number of aryl methyl sites for hydroxylation is 1. The van der Waals surface area contributed by atoms with E-state index in [1.165, 1.54) is 16.7 Å². The summed E-state index contributed by atoms with van der Waals surface area (Å²) in [6.45, 7) is 11.9. The monoisotopic (exact) mass is 260 g/mol. The third-order valence-corrected chi connectivity index (χ3v) is 3.73. The molecule has 0 saturated heterocycles. The van der Waals surface area contributed by atoms with E-state index in [-0.39, 0.29) is 5.41 Å². The van der Waals surface area contributed by atoms with Gasteiger partial charge in [-0.15, -0.1) is 0 Å². The number of ether oxygens (including phenoxy) is 1. The Balaban J connectivity index is 3.17. The Kier molecular flexibility index (Phi) is 4.97. The van der Waals surface area contributed by atoms with E-state index in [9.17, 15) is 0 Å². The van der Waals surface area contributed by atoms with E-state index in [0.29, 0.717) is 6.54 Å². The smallest absolute Gasteiger partial charge is 0.124 e. The van der Waals surface area contributed by atoms with Crippen LogP contribution in [0.25, 0.3) is 0 Å². The maximum atomic E-state index is 8.62. The second-order valence-electron chi connectivity index (χ2n) is 5.67. The minimum absolute atomic E-state index is 0.0112. The van der Waals surface area contributed by atoms with Crippen molar-refractivity contribution in [2.24, 2.45) is 0 Å². The van der Waals surface area contributed by atoms with Crippen molar-refractivity contribution in [3.63, 3.8) is 0 Å². The molecule has 1 rings (SSSR count). The Labute approximate surface area is 116 Å². The van der Waals surface area contributed by atoms with E-state index in [2.05, 4.69) is 52.1 Å². The topological polar surface area (TPSA) is 45.0 Å². The summed E-state index contributed by atoms with van der Waals surface area (Å²) < 4.78 is 5.46. The lowest BCUT2D eigenvalue weighted by Crippen LogP contribution is -2.34. The molecule has 0 spiro atoms. The molecule has 0 heterocycles. The molecule has 3 heteroatoms. The standard InChI is InChI=1S/C16H24N2O/c1-11-9-14(12(2)13(3)15(11)19-6)16(4,5)10-18-8-7-17/h9,18H,8,10H2,1-6H3. The molecule has 0 saturated carbocycles. The molecule has 1 aromatic rings. The molecule has 0 aliphatic heterocycles. The summed E-state index contributed by atoms with van der Waals surface area (Å²) in [5.74, 6) is 0.974. The van der Waals surface area contributed by atoms with Crippen LogP contribution in [-0.4, -0.2) is 20.2 Å². The summed E-state index contributed by atoms with van der Waals surface area (Å²) in [6, 6.07) is 4.32. The SMILES string of the molecule is COc1c(C)cc(C(C)(C)CNCC#N)c(C)c1C. The molecule has 0 aromatic heterocycles. The zero-order valence-electron chi connectivity index (χ0n) is 12.8. The first-order valence-electron chi connectivity index (χ1n) is 6.58. The minimum Gasteiger partial charge on any atom is -0.496 e. The van der Waals surface area contributed by atoms with Crippen LogP contribution in [0.5, 0.6) is 5.75 Å².